The van der Waals surface area contributed by atoms with Gasteiger partial charge in [-0.1, -0.05) is 35.4 Å². The van der Waals surface area contributed by atoms with E-state index < -0.39 is 0 Å². The third-order valence-electron chi connectivity index (χ3n) is 5.27. The predicted molar refractivity (Wildman–Crippen MR) is 124 cm³/mol. The number of benzene rings is 2. The van der Waals surface area contributed by atoms with Crippen LogP contribution < -0.4 is 5.32 Å². The number of rotatable bonds is 6. The quantitative estimate of drug-likeness (QED) is 0.378. The van der Waals surface area contributed by atoms with Crippen LogP contribution in [0.2, 0.25) is 5.02 Å². The first kappa shape index (κ1) is 20.2. The van der Waals surface area contributed by atoms with Gasteiger partial charge in [-0.15, -0.1) is 0 Å². The van der Waals surface area contributed by atoms with E-state index in [0.717, 1.165) is 41.0 Å². The molecule has 2 aromatic carbocycles. The van der Waals surface area contributed by atoms with Crippen LogP contribution in [0.1, 0.15) is 29.5 Å². The molecule has 0 atom stereocenters. The zero-order chi connectivity index (χ0) is 21.1. The molecular formula is C25H24ClN3O. The summed E-state index contributed by atoms with van der Waals surface area (Å²) in [5.74, 6) is -0.00896. The monoisotopic (exact) mass is 417 g/mol. The van der Waals surface area contributed by atoms with Gasteiger partial charge >= 0.3 is 0 Å². The maximum Gasteiger partial charge on any atom is 0.224 e. The van der Waals surface area contributed by atoms with E-state index in [2.05, 4.69) is 40.4 Å². The van der Waals surface area contributed by atoms with Crippen LogP contribution in [-0.4, -0.2) is 15.9 Å². The van der Waals surface area contributed by atoms with E-state index in [1.54, 1.807) is 12.3 Å². The molecule has 30 heavy (non-hydrogen) atoms. The van der Waals surface area contributed by atoms with Gasteiger partial charge in [0.05, 0.1) is 11.4 Å². The number of anilines is 1. The molecule has 5 heteroatoms. The fraction of sp³-hybridized carbons (Fsp3) is 0.200. The Bertz CT molecular complexity index is 1200. The fourth-order valence-electron chi connectivity index (χ4n) is 3.67. The van der Waals surface area contributed by atoms with Gasteiger partial charge in [-0.05, 0) is 74.2 Å². The molecular weight excluding hydrogens is 394 g/mol. The van der Waals surface area contributed by atoms with Gasteiger partial charge in [0.2, 0.25) is 5.91 Å². The van der Waals surface area contributed by atoms with Gasteiger partial charge in [0.25, 0.3) is 0 Å². The predicted octanol–water partition coefficient (Wildman–Crippen LogP) is 6.46. The van der Waals surface area contributed by atoms with Crippen LogP contribution in [0.5, 0.6) is 0 Å². The average Bonchev–Trinajstić information content (AvgIpc) is 3.09. The number of H-pyrrole nitrogens is 1. The zero-order valence-corrected chi connectivity index (χ0v) is 17.9. The average molecular weight is 418 g/mol. The highest BCUT2D eigenvalue weighted by molar-refractivity contribution is 6.31. The molecule has 4 nitrogen and oxygen atoms in total. The Morgan fingerprint density at radius 1 is 1.10 bits per heavy atom. The van der Waals surface area contributed by atoms with Gasteiger partial charge in [-0.25, -0.2) is 0 Å². The summed E-state index contributed by atoms with van der Waals surface area (Å²) in [6, 6.07) is 17.9. The number of aromatic amines is 1. The number of nitrogens with zero attached hydrogens (tertiary/aromatic N) is 1. The lowest BCUT2D eigenvalue weighted by Gasteiger charge is -2.08. The number of carbonyl (C=O) groups excluding carboxylic acids is 1. The van der Waals surface area contributed by atoms with Crippen molar-refractivity contribution in [2.45, 2.75) is 33.1 Å². The molecule has 0 saturated heterocycles. The van der Waals surface area contributed by atoms with Crippen molar-refractivity contribution in [3.8, 4) is 11.4 Å². The molecule has 0 aliphatic rings. The highest BCUT2D eigenvalue weighted by atomic mass is 35.5. The molecule has 0 fully saturated rings. The van der Waals surface area contributed by atoms with E-state index in [4.69, 9.17) is 11.6 Å². The number of pyridine rings is 1. The van der Waals surface area contributed by atoms with Crippen molar-refractivity contribution in [1.29, 1.82) is 0 Å². The van der Waals surface area contributed by atoms with Gasteiger partial charge in [-0.2, -0.15) is 0 Å². The van der Waals surface area contributed by atoms with Crippen molar-refractivity contribution in [3.05, 3.63) is 82.5 Å². The van der Waals surface area contributed by atoms with Crippen LogP contribution >= 0.6 is 11.6 Å². The third-order valence-corrected chi connectivity index (χ3v) is 5.68. The molecule has 0 bridgehead atoms. The van der Waals surface area contributed by atoms with Crippen molar-refractivity contribution in [1.82, 2.24) is 9.97 Å². The van der Waals surface area contributed by atoms with Gasteiger partial charge in [0.15, 0.2) is 0 Å². The normalized spacial score (nSPS) is 11.0. The maximum absolute atomic E-state index is 12.4. The van der Waals surface area contributed by atoms with E-state index in [-0.39, 0.29) is 5.91 Å². The lowest BCUT2D eigenvalue weighted by molar-refractivity contribution is -0.116. The minimum atomic E-state index is -0.00896. The Hall–Kier alpha value is -3.11. The first-order chi connectivity index (χ1) is 14.5. The zero-order valence-electron chi connectivity index (χ0n) is 17.1. The number of halogens is 1. The number of aromatic nitrogens is 2. The van der Waals surface area contributed by atoms with Crippen molar-refractivity contribution in [2.75, 3.05) is 5.32 Å². The molecule has 2 heterocycles. The lowest BCUT2D eigenvalue weighted by atomic mass is 10.0. The molecule has 1 amide bonds. The highest BCUT2D eigenvalue weighted by Gasteiger charge is 2.15. The van der Waals surface area contributed by atoms with Crippen LogP contribution in [0, 0.1) is 13.8 Å². The van der Waals surface area contributed by atoms with E-state index in [1.165, 1.54) is 16.5 Å². The first-order valence-electron chi connectivity index (χ1n) is 10.1. The van der Waals surface area contributed by atoms with E-state index in [0.29, 0.717) is 11.4 Å². The Balaban J connectivity index is 1.51. The summed E-state index contributed by atoms with van der Waals surface area (Å²) >= 11 is 6.15. The van der Waals surface area contributed by atoms with Crippen molar-refractivity contribution in [3.63, 3.8) is 0 Å². The standard InChI is InChI=1S/C25H24ClN3O/c1-16-9-12-22-20(14-16)19(25(29-22)23-7-3-4-13-27-23)6-5-8-24(30)28-18-11-10-17(2)21(26)15-18/h3-4,7,9-15,29H,5-6,8H2,1-2H3,(H,28,30). The topological polar surface area (TPSA) is 57.8 Å². The SMILES string of the molecule is Cc1ccc2[nH]c(-c3ccccn3)c(CCCC(=O)Nc3ccc(C)c(Cl)c3)c2c1. The summed E-state index contributed by atoms with van der Waals surface area (Å²) in [6.07, 6.45) is 3.77. The third kappa shape index (κ3) is 4.39. The van der Waals surface area contributed by atoms with Crippen molar-refractivity contribution in [2.24, 2.45) is 0 Å². The molecule has 0 unspecified atom stereocenters. The van der Waals surface area contributed by atoms with Crippen molar-refractivity contribution >= 4 is 34.1 Å². The summed E-state index contributed by atoms with van der Waals surface area (Å²) in [4.78, 5) is 20.5. The number of fused-ring (bicyclic) bond motifs is 1. The Morgan fingerprint density at radius 2 is 1.97 bits per heavy atom. The van der Waals surface area contributed by atoms with E-state index in [9.17, 15) is 4.79 Å². The van der Waals surface area contributed by atoms with Crippen LogP contribution in [-0.2, 0) is 11.2 Å². The van der Waals surface area contributed by atoms with E-state index in [1.807, 2.05) is 37.3 Å². The van der Waals surface area contributed by atoms with Gasteiger partial charge in [0, 0.05) is 34.2 Å². The second-order valence-corrected chi connectivity index (χ2v) is 8.02. The molecule has 0 saturated carbocycles. The minimum Gasteiger partial charge on any atom is -0.353 e. The summed E-state index contributed by atoms with van der Waals surface area (Å²) in [6.45, 7) is 4.03. The Labute approximate surface area is 181 Å². The molecule has 2 N–H and O–H groups in total. The van der Waals surface area contributed by atoms with Crippen molar-refractivity contribution < 1.29 is 4.79 Å². The summed E-state index contributed by atoms with van der Waals surface area (Å²) in [5, 5.41) is 4.79. The van der Waals surface area contributed by atoms with Gasteiger partial charge < -0.3 is 10.3 Å². The molecule has 0 aliphatic heterocycles. The summed E-state index contributed by atoms with van der Waals surface area (Å²) < 4.78 is 0. The molecule has 4 rings (SSSR count). The first-order valence-corrected chi connectivity index (χ1v) is 10.5. The fourth-order valence-corrected chi connectivity index (χ4v) is 3.85. The van der Waals surface area contributed by atoms with E-state index >= 15 is 0 Å². The van der Waals surface area contributed by atoms with Crippen LogP contribution in [0.4, 0.5) is 5.69 Å². The van der Waals surface area contributed by atoms with Crippen LogP contribution in [0.3, 0.4) is 0 Å². The Morgan fingerprint density at radius 3 is 2.73 bits per heavy atom. The molecule has 0 aliphatic carbocycles. The van der Waals surface area contributed by atoms with Crippen LogP contribution in [0.15, 0.2) is 60.8 Å². The minimum absolute atomic E-state index is 0.00896. The lowest BCUT2D eigenvalue weighted by Crippen LogP contribution is -2.11. The number of nitrogens with one attached hydrogen (secondary N) is 2. The number of carbonyl (C=O) groups is 1. The maximum atomic E-state index is 12.4. The summed E-state index contributed by atoms with van der Waals surface area (Å²) in [5.41, 5.74) is 7.18. The molecule has 152 valence electrons. The smallest absolute Gasteiger partial charge is 0.224 e. The summed E-state index contributed by atoms with van der Waals surface area (Å²) in [7, 11) is 0. The molecule has 0 spiro atoms. The Kier molecular flexibility index (Phi) is 5.86. The number of amides is 1. The van der Waals surface area contributed by atoms with Crippen LogP contribution in [0.25, 0.3) is 22.3 Å². The molecule has 0 radical (unpaired) electrons. The van der Waals surface area contributed by atoms with Gasteiger partial charge in [0.1, 0.15) is 0 Å². The second-order valence-electron chi connectivity index (χ2n) is 7.61. The molecule has 2 aromatic heterocycles. The van der Waals surface area contributed by atoms with Gasteiger partial charge in [-0.3, -0.25) is 9.78 Å². The second kappa shape index (κ2) is 8.72. The highest BCUT2D eigenvalue weighted by Crippen LogP contribution is 2.31. The molecule has 4 aromatic rings. The number of hydrogen-bond donors (Lipinski definition) is 2. The largest absolute Gasteiger partial charge is 0.353 e. The number of aryl methyl sites for hydroxylation is 3. The number of hydrogen-bond acceptors (Lipinski definition) is 2.